The van der Waals surface area contributed by atoms with E-state index < -0.39 is 0 Å². The Kier molecular flexibility index (Phi) is 9.56. The van der Waals surface area contributed by atoms with Crippen molar-refractivity contribution in [3.8, 4) is 0 Å². The maximum absolute atomic E-state index is 12.6. The first-order valence-corrected chi connectivity index (χ1v) is 16.8. The molecule has 2 fully saturated rings. The number of nitrogens with zero attached hydrogens (tertiary/aromatic N) is 12. The number of aromatic nitrogens is 12. The number of aryl methyl sites for hydroxylation is 4. The maximum atomic E-state index is 12.6. The van der Waals surface area contributed by atoms with Crippen molar-refractivity contribution in [1.29, 1.82) is 0 Å². The zero-order chi connectivity index (χ0) is 32.7. The van der Waals surface area contributed by atoms with E-state index in [2.05, 4.69) is 51.9 Å². The quantitative estimate of drug-likeness (QED) is 0.181. The molecular weight excluding hydrogens is 612 g/mol. The summed E-state index contributed by atoms with van der Waals surface area (Å²) >= 11 is 0. The topological polar surface area (TPSA) is 181 Å². The van der Waals surface area contributed by atoms with Gasteiger partial charge in [-0.3, -0.25) is 19.0 Å². The minimum Gasteiger partial charge on any atom is -0.324 e. The van der Waals surface area contributed by atoms with Crippen LogP contribution in [-0.2, 0) is 48.6 Å². The predicted molar refractivity (Wildman–Crippen MR) is 174 cm³/mol. The van der Waals surface area contributed by atoms with Gasteiger partial charge in [0.1, 0.15) is 13.1 Å². The second-order valence-electron chi connectivity index (χ2n) is 12.8. The van der Waals surface area contributed by atoms with Gasteiger partial charge in [-0.1, -0.05) is 46.5 Å². The standard InChI is InChI=1S/C32H40N14O2/c47-31(21-45-17-27(35-39-45)13-15-43-19-29(37-41-43)23-5-1-2-6-23)33-25-9-11-26(12-10-25)34-32(48)22-46-18-28(36-40-46)14-16-44-20-30(38-42-44)24-7-3-4-8-24/h9-12,17-20,23-24H,1-8,13-16,21-22H2,(H,33,47)(H,34,48). The van der Waals surface area contributed by atoms with Crippen LogP contribution in [0.5, 0.6) is 0 Å². The van der Waals surface area contributed by atoms with Crippen LogP contribution in [-0.4, -0.2) is 71.8 Å². The molecule has 48 heavy (non-hydrogen) atoms. The van der Waals surface area contributed by atoms with Gasteiger partial charge in [0, 0.05) is 73.9 Å². The molecule has 0 atom stereocenters. The van der Waals surface area contributed by atoms with E-state index in [1.165, 1.54) is 60.7 Å². The molecule has 0 spiro atoms. The fourth-order valence-corrected chi connectivity index (χ4v) is 6.51. The van der Waals surface area contributed by atoms with Crippen LogP contribution < -0.4 is 10.6 Å². The van der Waals surface area contributed by atoms with Crippen LogP contribution in [0.25, 0.3) is 0 Å². The molecule has 5 aromatic rings. The fourth-order valence-electron chi connectivity index (χ4n) is 6.51. The van der Waals surface area contributed by atoms with Gasteiger partial charge in [-0.05, 0) is 49.9 Å². The summed E-state index contributed by atoms with van der Waals surface area (Å²) in [4.78, 5) is 25.3. The molecule has 1 aromatic carbocycles. The van der Waals surface area contributed by atoms with Gasteiger partial charge in [-0.15, -0.1) is 20.4 Å². The summed E-state index contributed by atoms with van der Waals surface area (Å²) in [6.45, 7) is 1.36. The van der Waals surface area contributed by atoms with Gasteiger partial charge >= 0.3 is 0 Å². The zero-order valence-corrected chi connectivity index (χ0v) is 26.9. The van der Waals surface area contributed by atoms with Crippen molar-refractivity contribution in [3.05, 3.63) is 71.8 Å². The Balaban J connectivity index is 0.815. The Morgan fingerprint density at radius 3 is 1.38 bits per heavy atom. The van der Waals surface area contributed by atoms with Crippen molar-refractivity contribution in [2.24, 2.45) is 0 Å². The van der Waals surface area contributed by atoms with Crippen LogP contribution in [0.15, 0.2) is 49.1 Å². The first-order valence-electron chi connectivity index (χ1n) is 16.8. The lowest BCUT2D eigenvalue weighted by atomic mass is 10.1. The predicted octanol–water partition coefficient (Wildman–Crippen LogP) is 3.13. The van der Waals surface area contributed by atoms with Gasteiger partial charge in [0.25, 0.3) is 0 Å². The molecule has 0 bridgehead atoms. The number of carbonyl (C=O) groups is 2. The minimum absolute atomic E-state index is 0.0286. The van der Waals surface area contributed by atoms with Crippen LogP contribution in [0.3, 0.4) is 0 Å². The number of amides is 2. The highest BCUT2D eigenvalue weighted by Gasteiger charge is 2.21. The van der Waals surface area contributed by atoms with Crippen LogP contribution in [0.2, 0.25) is 0 Å². The molecule has 0 radical (unpaired) electrons. The number of hydrogen-bond donors (Lipinski definition) is 2. The van der Waals surface area contributed by atoms with E-state index in [9.17, 15) is 9.59 Å². The monoisotopic (exact) mass is 652 g/mol. The van der Waals surface area contributed by atoms with Crippen molar-refractivity contribution in [3.63, 3.8) is 0 Å². The van der Waals surface area contributed by atoms with Crippen molar-refractivity contribution in [2.75, 3.05) is 10.6 Å². The lowest BCUT2D eigenvalue weighted by molar-refractivity contribution is -0.117. The van der Waals surface area contributed by atoms with Crippen LogP contribution in [0.4, 0.5) is 11.4 Å². The summed E-state index contributed by atoms with van der Waals surface area (Å²) in [6.07, 6.45) is 18.7. The number of anilines is 2. The molecular formula is C32H40N14O2. The number of nitrogens with one attached hydrogen (secondary N) is 2. The van der Waals surface area contributed by atoms with Crippen molar-refractivity contribution in [1.82, 2.24) is 60.0 Å². The van der Waals surface area contributed by atoms with Gasteiger partial charge in [-0.2, -0.15) is 0 Å². The fraction of sp³-hybridized carbons (Fsp3) is 0.500. The minimum atomic E-state index is -0.235. The highest BCUT2D eigenvalue weighted by atomic mass is 16.2. The molecule has 2 aliphatic rings. The van der Waals surface area contributed by atoms with Gasteiger partial charge in [0.15, 0.2) is 0 Å². The molecule has 0 aliphatic heterocycles. The first kappa shape index (κ1) is 31.3. The molecule has 2 saturated carbocycles. The summed E-state index contributed by atoms with van der Waals surface area (Å²) in [5.74, 6) is 0.594. The third-order valence-electron chi connectivity index (χ3n) is 9.09. The summed E-state index contributed by atoms with van der Waals surface area (Å²) < 4.78 is 6.73. The summed E-state index contributed by atoms with van der Waals surface area (Å²) in [6, 6.07) is 6.92. The molecule has 16 heteroatoms. The highest BCUT2D eigenvalue weighted by molar-refractivity contribution is 5.92. The Morgan fingerprint density at radius 1 is 0.562 bits per heavy atom. The lowest BCUT2D eigenvalue weighted by Crippen LogP contribution is -2.20. The summed E-state index contributed by atoms with van der Waals surface area (Å²) in [5.41, 5.74) is 4.92. The van der Waals surface area contributed by atoms with Crippen LogP contribution >= 0.6 is 0 Å². The first-order chi connectivity index (χ1) is 23.5. The van der Waals surface area contributed by atoms with E-state index in [0.717, 1.165) is 22.8 Å². The Bertz CT molecular complexity index is 1680. The van der Waals surface area contributed by atoms with E-state index >= 15 is 0 Å². The van der Waals surface area contributed by atoms with E-state index in [1.807, 2.05) is 21.8 Å². The normalized spacial score (nSPS) is 15.3. The van der Waals surface area contributed by atoms with E-state index in [1.54, 1.807) is 36.7 Å². The molecule has 0 saturated heterocycles. The molecule has 4 heterocycles. The molecule has 0 unspecified atom stereocenters. The Morgan fingerprint density at radius 2 is 0.958 bits per heavy atom. The SMILES string of the molecule is O=C(Cn1cc(CCn2cc(C3CCCC3)nn2)nn1)Nc1ccc(NC(=O)Cn2cc(CCn3cc(C4CCCC4)nn3)nn2)cc1. The number of benzene rings is 1. The molecule has 2 amide bonds. The average Bonchev–Trinajstić information content (AvgIpc) is 3.92. The molecule has 2 N–H and O–H groups in total. The smallest absolute Gasteiger partial charge is 0.246 e. The van der Waals surface area contributed by atoms with Crippen molar-refractivity contribution >= 4 is 23.2 Å². The van der Waals surface area contributed by atoms with Gasteiger partial charge in [0.05, 0.1) is 22.8 Å². The maximum Gasteiger partial charge on any atom is 0.246 e. The molecule has 7 rings (SSSR count). The van der Waals surface area contributed by atoms with Crippen molar-refractivity contribution in [2.45, 2.75) is 102 Å². The van der Waals surface area contributed by atoms with Crippen LogP contribution in [0, 0.1) is 0 Å². The van der Waals surface area contributed by atoms with E-state index in [0.29, 0.717) is 49.1 Å². The molecule has 2 aliphatic carbocycles. The summed E-state index contributed by atoms with van der Waals surface area (Å²) in [7, 11) is 0. The third-order valence-corrected chi connectivity index (χ3v) is 9.09. The highest BCUT2D eigenvalue weighted by Crippen LogP contribution is 2.33. The average molecular weight is 653 g/mol. The van der Waals surface area contributed by atoms with Crippen molar-refractivity contribution < 1.29 is 9.59 Å². The molecule has 16 nitrogen and oxygen atoms in total. The summed E-state index contributed by atoms with van der Waals surface area (Å²) in [5, 5.41) is 39.5. The van der Waals surface area contributed by atoms with Crippen LogP contribution in [0.1, 0.15) is 86.0 Å². The lowest BCUT2D eigenvalue weighted by Gasteiger charge is -2.08. The number of hydrogen-bond acceptors (Lipinski definition) is 10. The van der Waals surface area contributed by atoms with Gasteiger partial charge in [-0.25, -0.2) is 9.36 Å². The van der Waals surface area contributed by atoms with E-state index in [4.69, 9.17) is 0 Å². The molecule has 250 valence electrons. The Labute approximate surface area is 277 Å². The number of carbonyl (C=O) groups excluding carboxylic acids is 2. The second-order valence-corrected chi connectivity index (χ2v) is 12.8. The van der Waals surface area contributed by atoms with E-state index in [-0.39, 0.29) is 24.9 Å². The third kappa shape index (κ3) is 8.16. The van der Waals surface area contributed by atoms with Gasteiger partial charge < -0.3 is 10.6 Å². The molecule has 4 aromatic heterocycles. The second kappa shape index (κ2) is 14.6. The zero-order valence-electron chi connectivity index (χ0n) is 26.9. The van der Waals surface area contributed by atoms with Gasteiger partial charge in [0.2, 0.25) is 11.8 Å². The largest absolute Gasteiger partial charge is 0.324 e. The Hall–Kier alpha value is -5.28. The number of rotatable bonds is 14.